The van der Waals surface area contributed by atoms with Crippen LogP contribution in [0.25, 0.3) is 28.2 Å². The third kappa shape index (κ3) is 4.44. The monoisotopic (exact) mass is 467 g/mol. The number of hydrogen-bond donors (Lipinski definition) is 1. The Balaban J connectivity index is 1.50. The molecule has 3 heterocycles. The molecule has 2 aromatic carbocycles. The summed E-state index contributed by atoms with van der Waals surface area (Å²) in [5.74, 6) is 0.401. The van der Waals surface area contributed by atoms with Crippen molar-refractivity contribution >= 4 is 22.4 Å². The fourth-order valence-electron chi connectivity index (χ4n) is 3.50. The maximum absolute atomic E-state index is 13.4. The lowest BCUT2D eigenvalue weighted by Crippen LogP contribution is -2.12. The summed E-state index contributed by atoms with van der Waals surface area (Å²) in [6.45, 7) is 2.03. The van der Waals surface area contributed by atoms with Gasteiger partial charge in [0.1, 0.15) is 11.4 Å². The zero-order valence-electron chi connectivity index (χ0n) is 18.6. The fourth-order valence-corrected chi connectivity index (χ4v) is 4.21. The third-order valence-corrected chi connectivity index (χ3v) is 6.04. The van der Waals surface area contributed by atoms with Crippen LogP contribution in [-0.2, 0) is 0 Å². The first-order valence-electron chi connectivity index (χ1n) is 10.6. The van der Waals surface area contributed by atoms with Crippen LogP contribution < -0.4 is 10.1 Å². The molecule has 8 heteroatoms. The zero-order chi connectivity index (χ0) is 23.5. The molecule has 0 saturated heterocycles. The van der Waals surface area contributed by atoms with E-state index in [0.717, 1.165) is 28.1 Å². The van der Waals surface area contributed by atoms with E-state index in [9.17, 15) is 4.79 Å². The smallest absolute Gasteiger partial charge is 0.261 e. The number of ether oxygens (including phenoxy) is 1. The Morgan fingerprint density at radius 3 is 2.65 bits per heavy atom. The Hall–Kier alpha value is -4.30. The highest BCUT2D eigenvalue weighted by molar-refractivity contribution is 7.14. The number of carbonyl (C=O) groups is 1. The lowest BCUT2D eigenvalue weighted by Gasteiger charge is -2.05. The predicted molar refractivity (Wildman–Crippen MR) is 134 cm³/mol. The molecule has 0 bridgehead atoms. The molecule has 0 fully saturated rings. The van der Waals surface area contributed by atoms with Gasteiger partial charge in [0.05, 0.1) is 24.1 Å². The molecule has 0 radical (unpaired) electrons. The molecule has 168 valence electrons. The minimum atomic E-state index is -0.289. The van der Waals surface area contributed by atoms with Crippen molar-refractivity contribution in [1.29, 1.82) is 0 Å². The van der Waals surface area contributed by atoms with E-state index in [4.69, 9.17) is 9.84 Å². The van der Waals surface area contributed by atoms with Gasteiger partial charge in [0, 0.05) is 35.1 Å². The van der Waals surface area contributed by atoms with Crippen molar-refractivity contribution in [2.45, 2.75) is 6.92 Å². The molecule has 0 aliphatic carbocycles. The van der Waals surface area contributed by atoms with Crippen molar-refractivity contribution < 1.29 is 9.53 Å². The van der Waals surface area contributed by atoms with Gasteiger partial charge in [0.25, 0.3) is 5.91 Å². The number of hydrogen-bond acceptors (Lipinski definition) is 6. The Morgan fingerprint density at radius 2 is 1.88 bits per heavy atom. The zero-order valence-corrected chi connectivity index (χ0v) is 19.4. The summed E-state index contributed by atoms with van der Waals surface area (Å²) in [6.07, 6.45) is 5.20. The van der Waals surface area contributed by atoms with Crippen LogP contribution in [0, 0.1) is 6.92 Å². The second-order valence-corrected chi connectivity index (χ2v) is 8.50. The number of rotatable bonds is 6. The average Bonchev–Trinajstić information content (AvgIpc) is 3.53. The van der Waals surface area contributed by atoms with E-state index in [0.29, 0.717) is 22.1 Å². The number of aromatic nitrogens is 4. The highest BCUT2D eigenvalue weighted by Crippen LogP contribution is 2.29. The molecule has 3 aromatic heterocycles. The SMILES string of the molecule is COc1cccc(-c2nn(-c3ccc(C)cc3)cc2C(=O)Nc2nc(-c3cccnc3)cs2)c1. The summed E-state index contributed by atoms with van der Waals surface area (Å²) in [7, 11) is 1.61. The molecular formula is C26H21N5O2S. The minimum Gasteiger partial charge on any atom is -0.497 e. The molecule has 1 N–H and O–H groups in total. The van der Waals surface area contributed by atoms with Crippen molar-refractivity contribution in [1.82, 2.24) is 19.7 Å². The maximum Gasteiger partial charge on any atom is 0.261 e. The molecule has 5 aromatic rings. The van der Waals surface area contributed by atoms with Crippen LogP contribution in [0.2, 0.25) is 0 Å². The lowest BCUT2D eigenvalue weighted by molar-refractivity contribution is 0.102. The molecule has 0 saturated carbocycles. The highest BCUT2D eigenvalue weighted by Gasteiger charge is 2.20. The summed E-state index contributed by atoms with van der Waals surface area (Å²) >= 11 is 1.36. The molecule has 0 aliphatic rings. The minimum absolute atomic E-state index is 0.289. The fraction of sp³-hybridized carbons (Fsp3) is 0.0769. The number of nitrogens with zero attached hydrogens (tertiary/aromatic N) is 4. The van der Waals surface area contributed by atoms with Gasteiger partial charge in [-0.2, -0.15) is 5.10 Å². The van der Waals surface area contributed by atoms with Crippen LogP contribution in [0.3, 0.4) is 0 Å². The van der Waals surface area contributed by atoms with E-state index >= 15 is 0 Å². The molecule has 5 rings (SSSR count). The predicted octanol–water partition coefficient (Wildman–Crippen LogP) is 5.63. The Kier molecular flexibility index (Phi) is 5.88. The van der Waals surface area contributed by atoms with E-state index in [-0.39, 0.29) is 5.91 Å². The van der Waals surface area contributed by atoms with Crippen LogP contribution in [-0.4, -0.2) is 32.8 Å². The number of nitrogens with one attached hydrogen (secondary N) is 1. The van der Waals surface area contributed by atoms with Crippen LogP contribution in [0.5, 0.6) is 5.75 Å². The van der Waals surface area contributed by atoms with Gasteiger partial charge in [0.2, 0.25) is 0 Å². The number of carbonyl (C=O) groups excluding carboxylic acids is 1. The highest BCUT2D eigenvalue weighted by atomic mass is 32.1. The number of anilines is 1. The topological polar surface area (TPSA) is 81.9 Å². The molecule has 0 spiro atoms. The number of methoxy groups -OCH3 is 1. The number of aryl methyl sites for hydroxylation is 1. The Morgan fingerprint density at radius 1 is 1.06 bits per heavy atom. The molecule has 34 heavy (non-hydrogen) atoms. The number of benzene rings is 2. The quantitative estimate of drug-likeness (QED) is 0.350. The van der Waals surface area contributed by atoms with Crippen LogP contribution >= 0.6 is 11.3 Å². The van der Waals surface area contributed by atoms with Crippen molar-refractivity contribution in [3.63, 3.8) is 0 Å². The summed E-state index contributed by atoms with van der Waals surface area (Å²) in [4.78, 5) is 22.0. The molecule has 0 atom stereocenters. The first kappa shape index (κ1) is 21.5. The van der Waals surface area contributed by atoms with E-state index in [2.05, 4.69) is 15.3 Å². The van der Waals surface area contributed by atoms with Crippen molar-refractivity contribution in [2.24, 2.45) is 0 Å². The molecule has 0 aliphatic heterocycles. The van der Waals surface area contributed by atoms with Gasteiger partial charge in [-0.3, -0.25) is 15.1 Å². The first-order valence-corrected chi connectivity index (χ1v) is 11.5. The van der Waals surface area contributed by atoms with Gasteiger partial charge >= 0.3 is 0 Å². The molecule has 7 nitrogen and oxygen atoms in total. The van der Waals surface area contributed by atoms with Gasteiger partial charge in [-0.15, -0.1) is 11.3 Å². The lowest BCUT2D eigenvalue weighted by atomic mass is 10.1. The number of amides is 1. The van der Waals surface area contributed by atoms with Gasteiger partial charge < -0.3 is 4.74 Å². The van der Waals surface area contributed by atoms with Gasteiger partial charge in [-0.25, -0.2) is 9.67 Å². The standard InChI is InChI=1S/C26H21N5O2S/c1-17-8-10-20(11-9-17)31-15-22(24(30-31)18-5-3-7-21(13-18)33-2)25(32)29-26-28-23(16-34-26)19-6-4-12-27-14-19/h3-16H,1-2H3,(H,28,29,32). The summed E-state index contributed by atoms with van der Waals surface area (Å²) in [5, 5.41) is 10.1. The third-order valence-electron chi connectivity index (χ3n) is 5.28. The van der Waals surface area contributed by atoms with Gasteiger partial charge in [0.15, 0.2) is 5.13 Å². The Labute approximate surface area is 200 Å². The molecule has 0 unspecified atom stereocenters. The normalized spacial score (nSPS) is 10.8. The van der Waals surface area contributed by atoms with E-state index < -0.39 is 0 Å². The van der Waals surface area contributed by atoms with Crippen LogP contribution in [0.4, 0.5) is 5.13 Å². The van der Waals surface area contributed by atoms with Crippen LogP contribution in [0.15, 0.2) is 84.6 Å². The largest absolute Gasteiger partial charge is 0.497 e. The maximum atomic E-state index is 13.4. The average molecular weight is 468 g/mol. The second-order valence-electron chi connectivity index (χ2n) is 7.64. The van der Waals surface area contributed by atoms with Gasteiger partial charge in [-0.1, -0.05) is 29.8 Å². The van der Waals surface area contributed by atoms with Crippen molar-refractivity contribution in [3.8, 4) is 34.0 Å². The van der Waals surface area contributed by atoms with Crippen LogP contribution in [0.1, 0.15) is 15.9 Å². The Bertz CT molecular complexity index is 1440. The first-order chi connectivity index (χ1) is 16.6. The summed E-state index contributed by atoms with van der Waals surface area (Å²) in [5.41, 5.74) is 5.44. The van der Waals surface area contributed by atoms with E-state index in [1.54, 1.807) is 30.4 Å². The number of pyridine rings is 1. The van der Waals surface area contributed by atoms with Gasteiger partial charge in [-0.05, 0) is 43.3 Å². The van der Waals surface area contributed by atoms with E-state index in [1.165, 1.54) is 11.3 Å². The van der Waals surface area contributed by atoms with E-state index in [1.807, 2.05) is 73.0 Å². The molecule has 1 amide bonds. The van der Waals surface area contributed by atoms with Crippen molar-refractivity contribution in [3.05, 3.63) is 95.8 Å². The molecular weight excluding hydrogens is 446 g/mol. The van der Waals surface area contributed by atoms with Crippen molar-refractivity contribution in [2.75, 3.05) is 12.4 Å². The summed E-state index contributed by atoms with van der Waals surface area (Å²) in [6, 6.07) is 19.3. The second kappa shape index (κ2) is 9.29. The summed E-state index contributed by atoms with van der Waals surface area (Å²) < 4.78 is 7.09. The number of thiazole rings is 1.